The van der Waals surface area contributed by atoms with Crippen molar-refractivity contribution < 1.29 is 23.9 Å². The molecule has 214 valence electrons. The largest absolute Gasteiger partial charge is 0.496 e. The van der Waals surface area contributed by atoms with Crippen LogP contribution in [0.4, 0.5) is 11.4 Å². The molecule has 9 heteroatoms. The molecule has 3 amide bonds. The van der Waals surface area contributed by atoms with Crippen molar-refractivity contribution in [3.05, 3.63) is 120 Å². The molecule has 4 rings (SSSR count). The van der Waals surface area contributed by atoms with Gasteiger partial charge in [-0.15, -0.1) is 11.8 Å². The predicted octanol–water partition coefficient (Wildman–Crippen LogP) is 6.23. The van der Waals surface area contributed by atoms with E-state index < -0.39 is 11.8 Å². The molecule has 0 spiro atoms. The number of hydrogen-bond acceptors (Lipinski definition) is 6. The van der Waals surface area contributed by atoms with Crippen molar-refractivity contribution in [1.82, 2.24) is 5.32 Å². The summed E-state index contributed by atoms with van der Waals surface area (Å²) in [4.78, 5) is 39.6. The highest BCUT2D eigenvalue weighted by atomic mass is 32.2. The van der Waals surface area contributed by atoms with Gasteiger partial charge in [0.05, 0.1) is 25.2 Å². The van der Waals surface area contributed by atoms with E-state index >= 15 is 0 Å². The van der Waals surface area contributed by atoms with E-state index in [1.54, 1.807) is 60.7 Å². The van der Waals surface area contributed by atoms with Crippen molar-refractivity contribution in [3.8, 4) is 11.5 Å². The van der Waals surface area contributed by atoms with Gasteiger partial charge < -0.3 is 25.4 Å². The average Bonchev–Trinajstić information content (AvgIpc) is 3.02. The normalized spacial score (nSPS) is 10.9. The molecule has 0 aliphatic rings. The highest BCUT2D eigenvalue weighted by molar-refractivity contribution is 8.00. The fraction of sp³-hybridized carbons (Fsp3) is 0.121. The Balaban J connectivity index is 1.42. The lowest BCUT2D eigenvalue weighted by molar-refractivity contribution is -0.114. The first-order chi connectivity index (χ1) is 20.5. The molecule has 0 atom stereocenters. The van der Waals surface area contributed by atoms with Crippen molar-refractivity contribution in [1.29, 1.82) is 0 Å². The van der Waals surface area contributed by atoms with Crippen LogP contribution in [-0.4, -0.2) is 37.2 Å². The minimum absolute atomic E-state index is 0.0517. The van der Waals surface area contributed by atoms with Crippen LogP contribution in [0.3, 0.4) is 0 Å². The molecule has 0 heterocycles. The molecule has 0 saturated heterocycles. The number of thioether (sulfide) groups is 1. The van der Waals surface area contributed by atoms with Crippen molar-refractivity contribution in [2.24, 2.45) is 0 Å². The van der Waals surface area contributed by atoms with Crippen LogP contribution in [0.2, 0.25) is 0 Å². The Kier molecular flexibility index (Phi) is 10.8. The third-order valence-electron chi connectivity index (χ3n) is 5.91. The lowest BCUT2D eigenvalue weighted by Gasteiger charge is -2.13. The zero-order valence-electron chi connectivity index (χ0n) is 23.3. The first-order valence-corrected chi connectivity index (χ1v) is 14.2. The number of nitrogens with one attached hydrogen (secondary N) is 3. The molecular weight excluding hydrogens is 550 g/mol. The van der Waals surface area contributed by atoms with Crippen molar-refractivity contribution in [3.63, 3.8) is 0 Å². The molecule has 4 aromatic rings. The van der Waals surface area contributed by atoms with Crippen LogP contribution in [0.5, 0.6) is 11.5 Å². The van der Waals surface area contributed by atoms with Crippen molar-refractivity contribution >= 4 is 46.9 Å². The number of carbonyl (C=O) groups excluding carboxylic acids is 3. The molecule has 0 aromatic heterocycles. The van der Waals surface area contributed by atoms with Crippen LogP contribution >= 0.6 is 11.8 Å². The fourth-order valence-electron chi connectivity index (χ4n) is 3.90. The number of ether oxygens (including phenoxy) is 2. The van der Waals surface area contributed by atoms with Gasteiger partial charge in [-0.3, -0.25) is 14.4 Å². The second-order valence-electron chi connectivity index (χ2n) is 8.86. The number of anilines is 2. The number of hydrogen-bond donors (Lipinski definition) is 3. The lowest BCUT2D eigenvalue weighted by atomic mass is 10.1. The molecule has 0 bridgehead atoms. The number of carbonyl (C=O) groups is 3. The number of rotatable bonds is 12. The van der Waals surface area contributed by atoms with Gasteiger partial charge in [0.2, 0.25) is 5.91 Å². The van der Waals surface area contributed by atoms with E-state index in [4.69, 9.17) is 9.47 Å². The van der Waals surface area contributed by atoms with Crippen LogP contribution in [-0.2, 0) is 9.59 Å². The van der Waals surface area contributed by atoms with Crippen LogP contribution in [0.25, 0.3) is 6.08 Å². The Labute approximate surface area is 249 Å². The first kappa shape index (κ1) is 30.0. The van der Waals surface area contributed by atoms with Gasteiger partial charge in [-0.25, -0.2) is 0 Å². The molecule has 0 aliphatic heterocycles. The number of methoxy groups -OCH3 is 1. The smallest absolute Gasteiger partial charge is 0.272 e. The van der Waals surface area contributed by atoms with E-state index in [2.05, 4.69) is 16.0 Å². The van der Waals surface area contributed by atoms with Gasteiger partial charge in [-0.05, 0) is 67.6 Å². The summed E-state index contributed by atoms with van der Waals surface area (Å²) in [6.07, 6.45) is 1.57. The highest BCUT2D eigenvalue weighted by Crippen LogP contribution is 2.26. The fourth-order valence-corrected chi connectivity index (χ4v) is 4.60. The summed E-state index contributed by atoms with van der Waals surface area (Å²) in [5.41, 5.74) is 2.25. The summed E-state index contributed by atoms with van der Waals surface area (Å²) in [6, 6.07) is 30.2. The Morgan fingerprint density at radius 1 is 0.786 bits per heavy atom. The summed E-state index contributed by atoms with van der Waals surface area (Å²) in [5.74, 6) is 0.299. The molecule has 0 fully saturated rings. The first-order valence-electron chi connectivity index (χ1n) is 13.2. The third kappa shape index (κ3) is 8.49. The maximum atomic E-state index is 13.3. The molecule has 42 heavy (non-hydrogen) atoms. The van der Waals surface area contributed by atoms with E-state index in [1.807, 2.05) is 55.5 Å². The maximum absolute atomic E-state index is 13.3. The van der Waals surface area contributed by atoms with Gasteiger partial charge >= 0.3 is 0 Å². The summed E-state index contributed by atoms with van der Waals surface area (Å²) in [7, 11) is 1.54. The highest BCUT2D eigenvalue weighted by Gasteiger charge is 2.16. The Morgan fingerprint density at radius 3 is 2.17 bits per heavy atom. The monoisotopic (exact) mass is 581 g/mol. The molecule has 3 N–H and O–H groups in total. The number of amides is 3. The average molecular weight is 582 g/mol. The third-order valence-corrected chi connectivity index (χ3v) is 6.92. The van der Waals surface area contributed by atoms with E-state index in [-0.39, 0.29) is 17.4 Å². The van der Waals surface area contributed by atoms with Crippen LogP contribution < -0.4 is 25.4 Å². The second kappa shape index (κ2) is 15.1. The Morgan fingerprint density at radius 2 is 1.45 bits per heavy atom. The quantitative estimate of drug-likeness (QED) is 0.135. The van der Waals surface area contributed by atoms with Gasteiger partial charge in [0.25, 0.3) is 11.8 Å². The molecule has 4 aromatic carbocycles. The topological polar surface area (TPSA) is 106 Å². The van der Waals surface area contributed by atoms with E-state index in [1.165, 1.54) is 18.9 Å². The zero-order valence-corrected chi connectivity index (χ0v) is 24.1. The van der Waals surface area contributed by atoms with Crippen LogP contribution in [0.15, 0.2) is 114 Å². The number of para-hydroxylation sites is 3. The van der Waals surface area contributed by atoms with Crippen molar-refractivity contribution in [2.75, 3.05) is 30.1 Å². The maximum Gasteiger partial charge on any atom is 0.272 e. The van der Waals surface area contributed by atoms with E-state index in [0.717, 1.165) is 4.90 Å². The summed E-state index contributed by atoms with van der Waals surface area (Å²) in [5, 5.41) is 8.44. The summed E-state index contributed by atoms with van der Waals surface area (Å²) >= 11 is 1.36. The minimum Gasteiger partial charge on any atom is -0.496 e. The van der Waals surface area contributed by atoms with Crippen LogP contribution in [0, 0.1) is 0 Å². The van der Waals surface area contributed by atoms with Crippen molar-refractivity contribution in [2.45, 2.75) is 11.8 Å². The van der Waals surface area contributed by atoms with Gasteiger partial charge in [0.1, 0.15) is 17.2 Å². The molecule has 0 radical (unpaired) electrons. The number of benzene rings is 4. The van der Waals surface area contributed by atoms with Gasteiger partial charge in [0, 0.05) is 21.7 Å². The molecular formula is C33H31N3O5S. The molecule has 0 saturated carbocycles. The lowest BCUT2D eigenvalue weighted by Crippen LogP contribution is -2.30. The molecule has 0 unspecified atom stereocenters. The Hall–Kier alpha value is -5.02. The van der Waals surface area contributed by atoms with E-state index in [0.29, 0.717) is 40.6 Å². The van der Waals surface area contributed by atoms with Gasteiger partial charge in [-0.2, -0.15) is 0 Å². The molecule has 8 nitrogen and oxygen atoms in total. The van der Waals surface area contributed by atoms with Crippen LogP contribution in [0.1, 0.15) is 22.8 Å². The molecule has 0 aliphatic carbocycles. The van der Waals surface area contributed by atoms with Gasteiger partial charge in [-0.1, -0.05) is 48.5 Å². The Bertz CT molecular complexity index is 1560. The van der Waals surface area contributed by atoms with Gasteiger partial charge in [0.15, 0.2) is 0 Å². The zero-order chi connectivity index (χ0) is 29.7. The van der Waals surface area contributed by atoms with E-state index in [9.17, 15) is 14.4 Å². The predicted molar refractivity (Wildman–Crippen MR) is 167 cm³/mol. The minimum atomic E-state index is -0.502. The SMILES string of the molecule is CCOc1ccccc1NC(=O)CSc1ccc(NC(=O)/C(=C/c2ccccc2OC)NC(=O)c2ccccc2)cc1. The second-order valence-corrected chi connectivity index (χ2v) is 9.91. The summed E-state index contributed by atoms with van der Waals surface area (Å²) in [6.45, 7) is 2.39. The standard InChI is InChI=1S/C33H31N3O5S/c1-3-41-30-16-10-8-14-27(30)35-31(37)22-42-26-19-17-25(18-20-26)34-33(39)28(21-24-13-7-9-15-29(24)40-2)36-32(38)23-11-5-4-6-12-23/h4-21H,3,22H2,1-2H3,(H,34,39)(H,35,37)(H,36,38)/b28-21-. The summed E-state index contributed by atoms with van der Waals surface area (Å²) < 4.78 is 11.0.